The molecule has 13 N–H and O–H groups in total. The van der Waals surface area contributed by atoms with Crippen molar-refractivity contribution in [1.29, 1.82) is 0 Å². The van der Waals surface area contributed by atoms with Crippen LogP contribution in [0.1, 0.15) is 37.8 Å². The van der Waals surface area contributed by atoms with Crippen molar-refractivity contribution in [2.45, 2.75) is 105 Å². The van der Waals surface area contributed by atoms with E-state index in [2.05, 4.69) is 77.6 Å². The van der Waals surface area contributed by atoms with E-state index in [0.717, 1.165) is 67.3 Å². The molecule has 4 aromatic heterocycles. The van der Waals surface area contributed by atoms with Crippen LogP contribution in [-0.2, 0) is 154 Å². The maximum atomic E-state index is 14.4. The molecule has 22 atom stereocenters. The minimum absolute atomic E-state index is 0. The van der Waals surface area contributed by atoms with Crippen molar-refractivity contribution in [3.63, 3.8) is 0 Å². The third-order valence-electron chi connectivity index (χ3n) is 15.5. The monoisotopic (exact) mass is 2130 g/mol. The van der Waals surface area contributed by atoms with Gasteiger partial charge in [0.2, 0.25) is 0 Å². The number of aromatic amines is 4. The number of thiol groups is 4. The molecule has 4 aliphatic rings. The van der Waals surface area contributed by atoms with E-state index in [1.54, 1.807) is 0 Å². The molecule has 8 heterocycles. The van der Waals surface area contributed by atoms with E-state index in [0.29, 0.717) is 4.67 Å². The second-order valence-electron chi connectivity index (χ2n) is 23.3. The van der Waals surface area contributed by atoms with Crippen molar-refractivity contribution >= 4 is 147 Å². The van der Waals surface area contributed by atoms with Crippen LogP contribution in [0.5, 0.6) is 0 Å². The maximum Gasteiger partial charge on any atom is 1.00 e. The molecule has 4 fully saturated rings. The summed E-state index contributed by atoms with van der Waals surface area (Å²) < 4.78 is 207. The molecule has 8 rings (SSSR count). The second kappa shape index (κ2) is 58.7. The molecule has 0 aliphatic carbocycles. The summed E-state index contributed by atoms with van der Waals surface area (Å²) in [4.78, 5) is 212. The van der Waals surface area contributed by atoms with E-state index in [1.165, 1.54) is 21.3 Å². The fourth-order valence-electron chi connectivity index (χ4n) is 10.4. The number of alkyl halides is 1. The number of ether oxygens (including phenoxy) is 11. The Hall–Kier alpha value is -1.82. The van der Waals surface area contributed by atoms with Crippen LogP contribution in [0.4, 0.5) is 4.39 Å². The Morgan fingerprint density at radius 2 is 0.898 bits per heavy atom. The number of carbonyl (C=O) groups is 6. The van der Waals surface area contributed by atoms with Crippen molar-refractivity contribution in [3.8, 4) is 0 Å². The number of phosphoric acid groups is 1. The third kappa shape index (κ3) is 39.7. The fraction of sp³-hybridized carbons (Fsp3) is 0.519. The first-order chi connectivity index (χ1) is 58.2. The first-order valence-electron chi connectivity index (χ1n) is 32.8. The van der Waals surface area contributed by atoms with Crippen molar-refractivity contribution in [2.75, 3.05) is 67.8 Å². The number of halogens is 1. The van der Waals surface area contributed by atoms with Gasteiger partial charge >= 0.3 is 249 Å². The summed E-state index contributed by atoms with van der Waals surface area (Å²) >= 11 is 14.5. The number of carboxylic acid groups (broad SMARTS) is 2. The summed E-state index contributed by atoms with van der Waals surface area (Å²) in [6.07, 6.45) is -18.3. The summed E-state index contributed by atoms with van der Waals surface area (Å²) in [5.74, 6) is -2.89. The molecule has 75 heteroatoms. The number of carbonyl (C=O) groups excluding carboxylic acids is 4. The Morgan fingerprint density at radius 3 is 1.21 bits per heavy atom. The standard InChI is InChI=1S/C15H21N3O13P2S.2C14H19N3O13P2S.C9H11FN2O9P2S.3K/c1-27-12-11(31-32(24)34)9(30-13(12)18-5-3-10(20)17-15(18)23)6-29-33(25,26)16-4-2-8(14(21)22)28-7-19;1-25-12-11(30-31(22)33)9(29-13(12)17-3-2-10(20)15-14(17)21)4-28-32(23,24)16(5-26-7-18)6-27-8-19;1-26-12-11(30-31(23)33)7(29-13(12)17-3-2-8(19)15-14(17)22)5-28-32(24,25)16-9(27-6-18)4-10(20)21;10-6-4(3-19-23(16,17)18)20-8(7(6)21-22(15)24)12-2-1-5(13)11-9(12)14;;;/h3,5,7-8,11-13H,2,4,6H2,1H3,(H,21,22)(H,24,34)(H2,16,25,26)(H,17,20,23);2-3,7-8,11-13H,4-6H2,1H3,(H,22,33)(H,23,24)(H,15,20,21);2-3,6,9,11-13H,4-5H2,1H3,(H,20,21)(H,23,33)(H,15,19,22)(H2,16,24,25);1-2,4,6-8H,3H2,(H3-,11,13,14,15,16,17,18,24);;;/q;;;;3*+1/p+1/t8-,11?,12?,13?;;;4?,6-,7?,8?;;;/m0..0.../s1. The number of rotatable bonds is 47. The molecule has 4 saturated heterocycles. The second-order valence-corrected chi connectivity index (χ2v) is 36.2. The number of nitrogens with zero attached hydrogens (tertiary/aromatic N) is 5. The Morgan fingerprint density at radius 1 is 0.543 bits per heavy atom. The van der Waals surface area contributed by atoms with Crippen LogP contribution in [0.2, 0.25) is 0 Å². The summed E-state index contributed by atoms with van der Waals surface area (Å²) in [5.41, 5.74) is -6.24. The zero-order chi connectivity index (χ0) is 92.9. The normalized spacial score (nSPS) is 23.9. The van der Waals surface area contributed by atoms with E-state index < -0.39 is 255 Å². The van der Waals surface area contributed by atoms with E-state index >= 15 is 0 Å². The summed E-state index contributed by atoms with van der Waals surface area (Å²) in [6.45, 7) is -5.22. The van der Waals surface area contributed by atoms with Crippen LogP contribution in [0.15, 0.2) is 87.4 Å². The quantitative estimate of drug-likeness (QED) is 0.00371. The number of methoxy groups -OCH3 is 3. The van der Waals surface area contributed by atoms with Crippen LogP contribution in [0.3, 0.4) is 0 Å². The van der Waals surface area contributed by atoms with Gasteiger partial charge in [0, 0.05) is 83.3 Å². The molecule has 127 heavy (non-hydrogen) atoms. The molecule has 0 saturated carbocycles. The van der Waals surface area contributed by atoms with Crippen molar-refractivity contribution in [1.82, 2.24) is 53.0 Å². The summed E-state index contributed by atoms with van der Waals surface area (Å²) in [5, 5.41) is 21.6. The molecular weight excluding hydrogens is 2060 g/mol. The number of H-pyrrole nitrogens is 4. The number of nitrogens with one attached hydrogen (secondary N) is 6. The van der Waals surface area contributed by atoms with Gasteiger partial charge in [0.15, 0.2) is 44.3 Å². The molecule has 0 bridgehead atoms. The van der Waals surface area contributed by atoms with Gasteiger partial charge in [-0.2, -0.15) is 18.7 Å². The van der Waals surface area contributed by atoms with Crippen LogP contribution >= 0.6 is 109 Å². The van der Waals surface area contributed by atoms with Gasteiger partial charge in [-0.3, -0.25) is 85.9 Å². The number of phosphoric ester groups is 1. The number of aliphatic carboxylic acids is 2. The van der Waals surface area contributed by atoms with Crippen molar-refractivity contribution in [3.05, 3.63) is 151 Å². The Balaban J connectivity index is 0.000000573. The third-order valence-corrected chi connectivity index (χ3v) is 22.4. The molecule has 0 spiro atoms. The van der Waals surface area contributed by atoms with E-state index in [4.69, 9.17) is 84.8 Å². The van der Waals surface area contributed by atoms with Gasteiger partial charge in [0.05, 0.1) is 31.3 Å². The zero-order valence-corrected chi connectivity index (χ0v) is 85.4. The van der Waals surface area contributed by atoms with Crippen molar-refractivity contribution < 1.29 is 347 Å². The predicted octanol–water partition coefficient (Wildman–Crippen LogP) is -11.3. The van der Waals surface area contributed by atoms with Crippen LogP contribution < -0.4 is 209 Å². The van der Waals surface area contributed by atoms with Gasteiger partial charge < -0.3 is 100 Å². The average Bonchev–Trinajstić information content (AvgIpc) is 1.65. The number of carboxylic acids is 2. The summed E-state index contributed by atoms with van der Waals surface area (Å²) in [7, 11) is -25.4. The Bertz CT molecular complexity index is 5090. The van der Waals surface area contributed by atoms with E-state index in [-0.39, 0.29) is 211 Å². The summed E-state index contributed by atoms with van der Waals surface area (Å²) in [6, 6.07) is 4.09. The van der Waals surface area contributed by atoms with Gasteiger partial charge in [-0.25, -0.2) is 51.7 Å². The van der Waals surface area contributed by atoms with Gasteiger partial charge in [-0.05, 0) is 38.1 Å². The van der Waals surface area contributed by atoms with Gasteiger partial charge in [0.1, 0.15) is 92.1 Å². The average molecular weight is 2130 g/mol. The van der Waals surface area contributed by atoms with Gasteiger partial charge in [-0.1, -0.05) is 0 Å². The van der Waals surface area contributed by atoms with Crippen LogP contribution in [-0.4, -0.2) is 250 Å². The van der Waals surface area contributed by atoms with E-state index in [1.807, 2.05) is 25.0 Å². The minimum atomic E-state index is -4.88. The number of aromatic nitrogens is 8. The largest absolute Gasteiger partial charge is 1.00 e. The predicted molar refractivity (Wildman–Crippen MR) is 411 cm³/mol. The molecule has 59 nitrogen and oxygen atoms in total. The van der Waals surface area contributed by atoms with E-state index in [9.17, 15) is 123 Å². The first-order valence-corrected chi connectivity index (χ1v) is 48.4. The van der Waals surface area contributed by atoms with Crippen LogP contribution in [0.25, 0.3) is 0 Å². The van der Waals surface area contributed by atoms with Gasteiger partial charge in [-0.15, -0.1) is 27.5 Å². The number of hydrogen-bond donors (Lipinski definition) is 17. The number of hydrogen-bond acceptors (Lipinski definition) is 41. The van der Waals surface area contributed by atoms with Crippen molar-refractivity contribution in [2.24, 2.45) is 0 Å². The molecule has 692 valence electrons. The molecule has 0 aromatic carbocycles. The Labute approximate surface area is 859 Å². The Kier molecular flexibility index (Phi) is 56.0. The molecular formula is C52H71FK3N11O48P8S4+4. The minimum Gasteiger partial charge on any atom is -0.524 e. The molecule has 0 amide bonds. The maximum absolute atomic E-state index is 14.4. The molecule has 0 radical (unpaired) electrons. The topological polar surface area (TPSA) is 803 Å². The first kappa shape index (κ1) is 121. The molecule has 4 aliphatic heterocycles. The van der Waals surface area contributed by atoms with Crippen LogP contribution in [0, 0.1) is 18.3 Å². The fourth-order valence-corrected chi connectivity index (χ4v) is 16.3. The van der Waals surface area contributed by atoms with Gasteiger partial charge in [0.25, 0.3) is 48.1 Å². The molecule has 4 aromatic rings. The smallest absolute Gasteiger partial charge is 0.524 e. The SMILES string of the molecule is COC1C(O[P+](=O)S)[C-](COP(=O)(O)N(COC=O)COC=O)OC1n1ccc(=O)[nH]c1=O.COC1C(O[P+](=O)S)[C-](COP(=O)(O)NC(CC(=O)O)OC=O)OC1n1ccc(=O)[nH]c1=O.COC1C(O[P+](=O)S)[C-](COP(=O)(O)NCC[C@H](OC=O)C(=O)O)OC1n1ccc(=O)[nH]c1=O.O=c1ccn(C2OC(COP(=O)(O)O)[C@H](F)C2O[P+](=O)S)c(=O)[nH]1.[K+].[K+].[K+]. The molecule has 20 unspecified atom stereocenters. The zero-order valence-electron chi connectivity index (χ0n) is 65.3.